The molecule has 0 amide bonds. The summed E-state index contributed by atoms with van der Waals surface area (Å²) < 4.78 is 0. The highest BCUT2D eigenvalue weighted by Gasteiger charge is 2.19. The number of benzene rings is 1. The zero-order chi connectivity index (χ0) is 14.8. The molecule has 1 unspecified atom stereocenters. The molecule has 1 aliphatic rings. The van der Waals surface area contributed by atoms with Crippen LogP contribution in [0.2, 0.25) is 5.15 Å². The highest BCUT2D eigenvalue weighted by Crippen LogP contribution is 2.24. The summed E-state index contributed by atoms with van der Waals surface area (Å²) in [7, 11) is 0. The molecule has 1 aliphatic heterocycles. The van der Waals surface area contributed by atoms with Crippen molar-refractivity contribution in [1.82, 2.24) is 15.3 Å². The standard InChI is InChI=1S/C16H19ClN4/c1-11-7-15(17)20-16(19-11)10-21-9-12(2)18-8-13-5-3-4-6-14(13)21/h3-7,12,18H,8-10H2,1-2H3. The summed E-state index contributed by atoms with van der Waals surface area (Å²) in [6, 6.07) is 10.7. The van der Waals surface area contributed by atoms with Crippen molar-refractivity contribution >= 4 is 17.3 Å². The molecule has 3 rings (SSSR count). The number of para-hydroxylation sites is 1. The van der Waals surface area contributed by atoms with Crippen LogP contribution in [0.3, 0.4) is 0 Å². The number of hydrogen-bond acceptors (Lipinski definition) is 4. The molecule has 1 atom stereocenters. The normalized spacial score (nSPS) is 18.2. The quantitative estimate of drug-likeness (QED) is 0.866. The van der Waals surface area contributed by atoms with Gasteiger partial charge in [-0.1, -0.05) is 29.8 Å². The van der Waals surface area contributed by atoms with Gasteiger partial charge in [0.2, 0.25) is 0 Å². The molecule has 0 aliphatic carbocycles. The predicted octanol–water partition coefficient (Wildman–Crippen LogP) is 2.94. The number of halogens is 1. The van der Waals surface area contributed by atoms with Crippen LogP contribution in [0.4, 0.5) is 5.69 Å². The Labute approximate surface area is 130 Å². The van der Waals surface area contributed by atoms with E-state index in [4.69, 9.17) is 11.6 Å². The maximum atomic E-state index is 6.05. The molecule has 110 valence electrons. The van der Waals surface area contributed by atoms with Crippen LogP contribution in [-0.4, -0.2) is 22.6 Å². The first-order chi connectivity index (χ1) is 10.1. The van der Waals surface area contributed by atoms with Crippen molar-refractivity contribution in [3.8, 4) is 0 Å². The van der Waals surface area contributed by atoms with Crippen LogP contribution in [0.25, 0.3) is 0 Å². The summed E-state index contributed by atoms with van der Waals surface area (Å²) in [5.41, 5.74) is 3.45. The lowest BCUT2D eigenvalue weighted by molar-refractivity contribution is 0.549. The Bertz CT molecular complexity index is 624. The maximum Gasteiger partial charge on any atom is 0.149 e. The number of aromatic nitrogens is 2. The second kappa shape index (κ2) is 6.00. The highest BCUT2D eigenvalue weighted by atomic mass is 35.5. The van der Waals surface area contributed by atoms with Gasteiger partial charge in [-0.2, -0.15) is 0 Å². The first kappa shape index (κ1) is 14.3. The van der Waals surface area contributed by atoms with Gasteiger partial charge in [0, 0.05) is 30.5 Å². The first-order valence-corrected chi connectivity index (χ1v) is 7.56. The monoisotopic (exact) mass is 302 g/mol. The molecular weight excluding hydrogens is 284 g/mol. The van der Waals surface area contributed by atoms with Gasteiger partial charge in [0.25, 0.3) is 0 Å². The van der Waals surface area contributed by atoms with Gasteiger partial charge in [-0.15, -0.1) is 0 Å². The third kappa shape index (κ3) is 3.34. The second-order valence-corrected chi connectivity index (χ2v) is 5.93. The van der Waals surface area contributed by atoms with Crippen LogP contribution >= 0.6 is 11.6 Å². The molecule has 1 aromatic carbocycles. The van der Waals surface area contributed by atoms with Crippen molar-refractivity contribution in [2.75, 3.05) is 11.4 Å². The average Bonchev–Trinajstić information content (AvgIpc) is 2.58. The Kier molecular flexibility index (Phi) is 4.08. The summed E-state index contributed by atoms with van der Waals surface area (Å²) in [5.74, 6) is 0.768. The van der Waals surface area contributed by atoms with E-state index in [2.05, 4.69) is 51.4 Å². The lowest BCUT2D eigenvalue weighted by Gasteiger charge is -2.25. The maximum absolute atomic E-state index is 6.05. The van der Waals surface area contributed by atoms with E-state index in [-0.39, 0.29) is 0 Å². The molecule has 0 saturated heterocycles. The third-order valence-electron chi connectivity index (χ3n) is 3.67. The van der Waals surface area contributed by atoms with Crippen LogP contribution in [0, 0.1) is 6.92 Å². The van der Waals surface area contributed by atoms with Crippen LogP contribution < -0.4 is 10.2 Å². The zero-order valence-electron chi connectivity index (χ0n) is 12.3. The van der Waals surface area contributed by atoms with Crippen LogP contribution in [0.15, 0.2) is 30.3 Å². The molecule has 1 N–H and O–H groups in total. The van der Waals surface area contributed by atoms with E-state index in [1.165, 1.54) is 11.3 Å². The Morgan fingerprint density at radius 1 is 1.33 bits per heavy atom. The fourth-order valence-electron chi connectivity index (χ4n) is 2.73. The van der Waals surface area contributed by atoms with Crippen molar-refractivity contribution in [2.24, 2.45) is 0 Å². The molecular formula is C16H19ClN4. The van der Waals surface area contributed by atoms with Crippen molar-refractivity contribution in [3.63, 3.8) is 0 Å². The molecule has 5 heteroatoms. The average molecular weight is 303 g/mol. The van der Waals surface area contributed by atoms with Gasteiger partial charge in [-0.3, -0.25) is 0 Å². The van der Waals surface area contributed by atoms with Crippen LogP contribution in [0.5, 0.6) is 0 Å². The zero-order valence-corrected chi connectivity index (χ0v) is 13.1. The predicted molar refractivity (Wildman–Crippen MR) is 85.6 cm³/mol. The van der Waals surface area contributed by atoms with Crippen molar-refractivity contribution < 1.29 is 0 Å². The Balaban J connectivity index is 1.92. The third-order valence-corrected chi connectivity index (χ3v) is 3.86. The largest absolute Gasteiger partial charge is 0.362 e. The van der Waals surface area contributed by atoms with Gasteiger partial charge in [-0.05, 0) is 31.5 Å². The number of rotatable bonds is 2. The number of fused-ring (bicyclic) bond motifs is 1. The Hall–Kier alpha value is -1.65. The SMILES string of the molecule is Cc1cc(Cl)nc(CN2CC(C)NCc3ccccc32)n1. The van der Waals surface area contributed by atoms with Gasteiger partial charge >= 0.3 is 0 Å². The number of nitrogens with zero attached hydrogens (tertiary/aromatic N) is 3. The summed E-state index contributed by atoms with van der Waals surface area (Å²) in [6.45, 7) is 6.63. The first-order valence-electron chi connectivity index (χ1n) is 7.18. The number of aryl methyl sites for hydroxylation is 1. The van der Waals surface area contributed by atoms with Crippen molar-refractivity contribution in [3.05, 3.63) is 52.6 Å². The molecule has 0 radical (unpaired) electrons. The smallest absolute Gasteiger partial charge is 0.149 e. The number of nitrogens with one attached hydrogen (secondary N) is 1. The molecule has 0 saturated carbocycles. The summed E-state index contributed by atoms with van der Waals surface area (Å²) in [4.78, 5) is 11.2. The molecule has 21 heavy (non-hydrogen) atoms. The lowest BCUT2D eigenvalue weighted by Crippen LogP contribution is -2.36. The van der Waals surface area contributed by atoms with Crippen molar-refractivity contribution in [2.45, 2.75) is 33.0 Å². The number of hydrogen-bond donors (Lipinski definition) is 1. The fraction of sp³-hybridized carbons (Fsp3) is 0.375. The van der Waals surface area contributed by atoms with Crippen LogP contribution in [0.1, 0.15) is 24.0 Å². The van der Waals surface area contributed by atoms with Gasteiger partial charge < -0.3 is 10.2 Å². The van der Waals surface area contributed by atoms with E-state index in [1.54, 1.807) is 6.07 Å². The topological polar surface area (TPSA) is 41.1 Å². The molecule has 0 fully saturated rings. The van der Waals surface area contributed by atoms with E-state index in [0.717, 1.165) is 24.6 Å². The van der Waals surface area contributed by atoms with Gasteiger partial charge in [0.05, 0.1) is 6.54 Å². The van der Waals surface area contributed by atoms with E-state index in [9.17, 15) is 0 Å². The van der Waals surface area contributed by atoms with Gasteiger partial charge in [0.15, 0.2) is 0 Å². The highest BCUT2D eigenvalue weighted by molar-refractivity contribution is 6.29. The summed E-state index contributed by atoms with van der Waals surface area (Å²) in [5, 5.41) is 4.04. The van der Waals surface area contributed by atoms with Gasteiger partial charge in [-0.25, -0.2) is 9.97 Å². The summed E-state index contributed by atoms with van der Waals surface area (Å²) >= 11 is 6.05. The van der Waals surface area contributed by atoms with Gasteiger partial charge in [0.1, 0.15) is 11.0 Å². The minimum Gasteiger partial charge on any atom is -0.362 e. The van der Waals surface area contributed by atoms with E-state index >= 15 is 0 Å². The molecule has 1 aromatic heterocycles. The fourth-order valence-corrected chi connectivity index (χ4v) is 2.98. The molecule has 0 bridgehead atoms. The van der Waals surface area contributed by atoms with E-state index < -0.39 is 0 Å². The minimum atomic E-state index is 0.415. The van der Waals surface area contributed by atoms with E-state index in [0.29, 0.717) is 17.7 Å². The molecule has 4 nitrogen and oxygen atoms in total. The van der Waals surface area contributed by atoms with Crippen molar-refractivity contribution in [1.29, 1.82) is 0 Å². The number of anilines is 1. The second-order valence-electron chi connectivity index (χ2n) is 5.54. The minimum absolute atomic E-state index is 0.415. The lowest BCUT2D eigenvalue weighted by atomic mass is 10.1. The molecule has 0 spiro atoms. The molecule has 2 aromatic rings. The summed E-state index contributed by atoms with van der Waals surface area (Å²) in [6.07, 6.45) is 0. The Morgan fingerprint density at radius 2 is 2.14 bits per heavy atom. The molecule has 2 heterocycles. The van der Waals surface area contributed by atoms with E-state index in [1.807, 2.05) is 6.92 Å². The Morgan fingerprint density at radius 3 is 2.95 bits per heavy atom. The van der Waals surface area contributed by atoms with Crippen LogP contribution in [-0.2, 0) is 13.1 Å².